The fraction of sp³-hybridized carbons (Fsp3) is 0.250. The van der Waals surface area contributed by atoms with Crippen LogP contribution in [0.5, 0.6) is 0 Å². The summed E-state index contributed by atoms with van der Waals surface area (Å²) >= 11 is 1.41. The minimum Gasteiger partial charge on any atom is -0.312 e. The van der Waals surface area contributed by atoms with E-state index in [1.54, 1.807) is 18.3 Å². The minimum absolute atomic E-state index is 0.172. The highest BCUT2D eigenvalue weighted by molar-refractivity contribution is 7.14. The molecule has 0 aliphatic rings. The standard InChI is InChI=1S/C12H14N4OS/c1-8(13-2)10-7-18-12(15-10)16-11(17)9-4-3-5-14-6-9/h3-8,13H,1-2H3,(H,15,16,17). The summed E-state index contributed by atoms with van der Waals surface area (Å²) in [5, 5.41) is 8.39. The van der Waals surface area contributed by atoms with E-state index in [0.29, 0.717) is 10.7 Å². The highest BCUT2D eigenvalue weighted by atomic mass is 32.1. The average molecular weight is 262 g/mol. The number of carbonyl (C=O) groups is 1. The summed E-state index contributed by atoms with van der Waals surface area (Å²) < 4.78 is 0. The smallest absolute Gasteiger partial charge is 0.259 e. The van der Waals surface area contributed by atoms with Gasteiger partial charge in [-0.15, -0.1) is 11.3 Å². The Morgan fingerprint density at radius 1 is 1.50 bits per heavy atom. The van der Waals surface area contributed by atoms with E-state index in [0.717, 1.165) is 5.69 Å². The van der Waals surface area contributed by atoms with E-state index in [1.807, 2.05) is 19.4 Å². The maximum atomic E-state index is 11.9. The molecular formula is C12H14N4OS. The maximum absolute atomic E-state index is 11.9. The van der Waals surface area contributed by atoms with Crippen LogP contribution in [0.3, 0.4) is 0 Å². The number of amides is 1. The first-order valence-electron chi connectivity index (χ1n) is 5.54. The molecule has 0 saturated heterocycles. The number of hydrogen-bond donors (Lipinski definition) is 2. The van der Waals surface area contributed by atoms with Gasteiger partial charge >= 0.3 is 0 Å². The topological polar surface area (TPSA) is 66.9 Å². The molecule has 94 valence electrons. The molecule has 1 unspecified atom stereocenters. The number of nitrogens with zero attached hydrogens (tertiary/aromatic N) is 2. The van der Waals surface area contributed by atoms with Crippen molar-refractivity contribution in [1.29, 1.82) is 0 Å². The van der Waals surface area contributed by atoms with Crippen molar-refractivity contribution >= 4 is 22.4 Å². The van der Waals surface area contributed by atoms with Gasteiger partial charge in [-0.2, -0.15) is 0 Å². The van der Waals surface area contributed by atoms with E-state index >= 15 is 0 Å². The number of thiazole rings is 1. The van der Waals surface area contributed by atoms with E-state index in [9.17, 15) is 4.79 Å². The third-order valence-electron chi connectivity index (χ3n) is 2.54. The van der Waals surface area contributed by atoms with Gasteiger partial charge < -0.3 is 5.32 Å². The molecule has 6 heteroatoms. The van der Waals surface area contributed by atoms with E-state index < -0.39 is 0 Å². The van der Waals surface area contributed by atoms with E-state index in [-0.39, 0.29) is 11.9 Å². The summed E-state index contributed by atoms with van der Waals surface area (Å²) in [6.45, 7) is 2.02. The minimum atomic E-state index is -0.193. The molecule has 0 aromatic carbocycles. The predicted octanol–water partition coefficient (Wildman–Crippen LogP) is 2.07. The fourth-order valence-corrected chi connectivity index (χ4v) is 2.16. The highest BCUT2D eigenvalue weighted by Gasteiger charge is 2.11. The number of hydrogen-bond acceptors (Lipinski definition) is 5. The van der Waals surface area contributed by atoms with Crippen LogP contribution < -0.4 is 10.6 Å². The van der Waals surface area contributed by atoms with Crippen LogP contribution in [0.25, 0.3) is 0 Å². The van der Waals surface area contributed by atoms with Crippen molar-refractivity contribution in [2.45, 2.75) is 13.0 Å². The Kier molecular flexibility index (Phi) is 4.01. The van der Waals surface area contributed by atoms with Crippen molar-refractivity contribution < 1.29 is 4.79 Å². The zero-order chi connectivity index (χ0) is 13.0. The molecule has 2 rings (SSSR count). The molecule has 18 heavy (non-hydrogen) atoms. The Labute approximate surface area is 109 Å². The van der Waals surface area contributed by atoms with Gasteiger partial charge in [0.05, 0.1) is 11.3 Å². The van der Waals surface area contributed by atoms with Gasteiger partial charge in [-0.25, -0.2) is 4.98 Å². The maximum Gasteiger partial charge on any atom is 0.259 e. The lowest BCUT2D eigenvalue weighted by Crippen LogP contribution is -2.14. The lowest BCUT2D eigenvalue weighted by atomic mass is 10.3. The first-order chi connectivity index (χ1) is 8.70. The Morgan fingerprint density at radius 2 is 2.33 bits per heavy atom. The third kappa shape index (κ3) is 2.91. The van der Waals surface area contributed by atoms with Crippen LogP contribution in [0.4, 0.5) is 5.13 Å². The Morgan fingerprint density at radius 3 is 3.00 bits per heavy atom. The van der Waals surface area contributed by atoms with Crippen LogP contribution >= 0.6 is 11.3 Å². The summed E-state index contributed by atoms with van der Waals surface area (Å²) in [6, 6.07) is 3.61. The normalized spacial score (nSPS) is 12.1. The number of nitrogens with one attached hydrogen (secondary N) is 2. The number of rotatable bonds is 4. The second-order valence-corrected chi connectivity index (χ2v) is 4.64. The quantitative estimate of drug-likeness (QED) is 0.885. The number of pyridine rings is 1. The van der Waals surface area contributed by atoms with Gasteiger partial charge in [0.2, 0.25) is 0 Å². The highest BCUT2D eigenvalue weighted by Crippen LogP contribution is 2.20. The van der Waals surface area contributed by atoms with Crippen LogP contribution in [-0.2, 0) is 0 Å². The van der Waals surface area contributed by atoms with Crippen molar-refractivity contribution in [2.75, 3.05) is 12.4 Å². The molecule has 2 N–H and O–H groups in total. The summed E-state index contributed by atoms with van der Waals surface area (Å²) in [5.74, 6) is -0.193. The first-order valence-corrected chi connectivity index (χ1v) is 6.42. The molecule has 2 heterocycles. The van der Waals surface area contributed by atoms with Crippen molar-refractivity contribution in [1.82, 2.24) is 15.3 Å². The van der Waals surface area contributed by atoms with Gasteiger partial charge in [0.15, 0.2) is 5.13 Å². The molecule has 0 bridgehead atoms. The van der Waals surface area contributed by atoms with Crippen molar-refractivity contribution in [3.63, 3.8) is 0 Å². The van der Waals surface area contributed by atoms with Crippen LogP contribution in [0.2, 0.25) is 0 Å². The van der Waals surface area contributed by atoms with Crippen LogP contribution in [-0.4, -0.2) is 22.9 Å². The predicted molar refractivity (Wildman–Crippen MR) is 71.8 cm³/mol. The molecule has 0 spiro atoms. The molecule has 0 radical (unpaired) electrons. The zero-order valence-electron chi connectivity index (χ0n) is 10.2. The Hall–Kier alpha value is -1.79. The molecule has 5 nitrogen and oxygen atoms in total. The average Bonchev–Trinajstić information content (AvgIpc) is 2.87. The van der Waals surface area contributed by atoms with E-state index in [4.69, 9.17) is 0 Å². The first kappa shape index (κ1) is 12.7. The largest absolute Gasteiger partial charge is 0.312 e. The second-order valence-electron chi connectivity index (χ2n) is 3.78. The van der Waals surface area contributed by atoms with E-state index in [1.165, 1.54) is 17.5 Å². The Balaban J connectivity index is 2.06. The van der Waals surface area contributed by atoms with E-state index in [2.05, 4.69) is 20.6 Å². The summed E-state index contributed by atoms with van der Waals surface area (Å²) in [4.78, 5) is 20.1. The SMILES string of the molecule is CNC(C)c1csc(NC(=O)c2cccnc2)n1. The molecule has 0 fully saturated rings. The van der Waals surface area contributed by atoms with Crippen molar-refractivity contribution in [3.8, 4) is 0 Å². The van der Waals surface area contributed by atoms with Crippen molar-refractivity contribution in [2.24, 2.45) is 0 Å². The number of aromatic nitrogens is 2. The zero-order valence-corrected chi connectivity index (χ0v) is 11.0. The van der Waals surface area contributed by atoms with Crippen LogP contribution in [0, 0.1) is 0 Å². The van der Waals surface area contributed by atoms with Gasteiger partial charge in [0.25, 0.3) is 5.91 Å². The monoisotopic (exact) mass is 262 g/mol. The number of anilines is 1. The van der Waals surface area contributed by atoms with Crippen molar-refractivity contribution in [3.05, 3.63) is 41.2 Å². The molecular weight excluding hydrogens is 248 g/mol. The second kappa shape index (κ2) is 5.70. The molecule has 1 atom stereocenters. The molecule has 0 saturated carbocycles. The lowest BCUT2D eigenvalue weighted by Gasteiger charge is -2.05. The Bertz CT molecular complexity index is 526. The van der Waals surface area contributed by atoms with Gasteiger partial charge in [-0.05, 0) is 26.1 Å². The molecule has 2 aromatic rings. The fourth-order valence-electron chi connectivity index (χ4n) is 1.36. The molecule has 0 aliphatic carbocycles. The van der Waals surface area contributed by atoms with Crippen LogP contribution in [0.15, 0.2) is 29.9 Å². The lowest BCUT2D eigenvalue weighted by molar-refractivity contribution is 0.102. The molecule has 0 aliphatic heterocycles. The van der Waals surface area contributed by atoms with Gasteiger partial charge in [-0.3, -0.25) is 15.1 Å². The summed E-state index contributed by atoms with van der Waals surface area (Å²) in [7, 11) is 1.87. The summed E-state index contributed by atoms with van der Waals surface area (Å²) in [6.07, 6.45) is 3.16. The van der Waals surface area contributed by atoms with Gasteiger partial charge in [-0.1, -0.05) is 0 Å². The molecule has 1 amide bonds. The van der Waals surface area contributed by atoms with Crippen LogP contribution in [0.1, 0.15) is 29.0 Å². The molecule has 2 aromatic heterocycles. The van der Waals surface area contributed by atoms with Gasteiger partial charge in [0, 0.05) is 23.8 Å². The third-order valence-corrected chi connectivity index (χ3v) is 3.32. The number of carbonyl (C=O) groups excluding carboxylic acids is 1. The summed E-state index contributed by atoms with van der Waals surface area (Å²) in [5.41, 5.74) is 1.44. The van der Waals surface area contributed by atoms with Gasteiger partial charge in [0.1, 0.15) is 0 Å².